The van der Waals surface area contributed by atoms with Gasteiger partial charge in [-0.05, 0) is 52.7 Å². The Kier molecular flexibility index (Phi) is 4.16. The van der Waals surface area contributed by atoms with Crippen LogP contribution < -0.4 is 14.8 Å². The van der Waals surface area contributed by atoms with Crippen molar-refractivity contribution >= 4 is 5.95 Å². The molecule has 134 valence electrons. The van der Waals surface area contributed by atoms with Gasteiger partial charge in [-0.3, -0.25) is 0 Å². The summed E-state index contributed by atoms with van der Waals surface area (Å²) in [6, 6.07) is 11.9. The van der Waals surface area contributed by atoms with Crippen LogP contribution in [-0.2, 0) is 0 Å². The number of nitrogens with zero attached hydrogens (tertiary/aromatic N) is 4. The predicted octanol–water partition coefficient (Wildman–Crippen LogP) is 2.98. The number of benzene rings is 2. The standard InChI is InChI=1S/C18H18FN5O2/c1-25-13-7-8-17(26-2)14(9-13)16-10-15(11-3-5-12(19)6-4-11)20-18-21-22-23-24(16)18/h3-9,15-16H,10H2,1-2H3,(H,20,21,23)/t15-,16-/m0/s1. The van der Waals surface area contributed by atoms with Crippen molar-refractivity contribution in [3.8, 4) is 11.5 Å². The number of fused-ring (bicyclic) bond motifs is 1. The summed E-state index contributed by atoms with van der Waals surface area (Å²) in [5.74, 6) is 1.75. The van der Waals surface area contributed by atoms with Crippen molar-refractivity contribution in [2.24, 2.45) is 0 Å². The van der Waals surface area contributed by atoms with E-state index in [9.17, 15) is 4.39 Å². The van der Waals surface area contributed by atoms with E-state index in [1.165, 1.54) is 12.1 Å². The minimum atomic E-state index is -0.264. The van der Waals surface area contributed by atoms with Crippen LogP contribution in [0.3, 0.4) is 0 Å². The molecule has 2 aromatic carbocycles. The summed E-state index contributed by atoms with van der Waals surface area (Å²) >= 11 is 0. The fourth-order valence-electron chi connectivity index (χ4n) is 3.31. The number of hydrogen-bond acceptors (Lipinski definition) is 6. The molecule has 0 saturated heterocycles. The SMILES string of the molecule is COc1ccc(OC)c([C@@H]2C[C@@H](c3ccc(F)cc3)Nc3nnnn32)c1. The Morgan fingerprint density at radius 3 is 2.65 bits per heavy atom. The van der Waals surface area contributed by atoms with E-state index in [1.807, 2.05) is 18.2 Å². The van der Waals surface area contributed by atoms with E-state index in [0.717, 1.165) is 22.6 Å². The number of hydrogen-bond donors (Lipinski definition) is 1. The molecule has 1 N–H and O–H groups in total. The second-order valence-corrected chi connectivity index (χ2v) is 6.05. The van der Waals surface area contributed by atoms with Gasteiger partial charge in [-0.25, -0.2) is 9.07 Å². The molecule has 8 heteroatoms. The third kappa shape index (κ3) is 2.83. The zero-order valence-corrected chi connectivity index (χ0v) is 14.4. The zero-order valence-electron chi connectivity index (χ0n) is 14.4. The third-order valence-corrected chi connectivity index (χ3v) is 4.62. The number of methoxy groups -OCH3 is 2. The molecule has 0 spiro atoms. The molecule has 0 bridgehead atoms. The molecule has 3 aromatic rings. The Labute approximate surface area is 149 Å². The molecule has 2 heterocycles. The molecule has 0 unspecified atom stereocenters. The summed E-state index contributed by atoms with van der Waals surface area (Å²) in [6.45, 7) is 0. The van der Waals surface area contributed by atoms with Crippen molar-refractivity contribution in [3.63, 3.8) is 0 Å². The highest BCUT2D eigenvalue weighted by atomic mass is 19.1. The first-order valence-corrected chi connectivity index (χ1v) is 8.21. The van der Waals surface area contributed by atoms with Gasteiger partial charge in [0.2, 0.25) is 5.95 Å². The lowest BCUT2D eigenvalue weighted by Gasteiger charge is -2.31. The highest BCUT2D eigenvalue weighted by molar-refractivity contribution is 5.45. The smallest absolute Gasteiger partial charge is 0.243 e. The molecular weight excluding hydrogens is 337 g/mol. The van der Waals surface area contributed by atoms with E-state index in [4.69, 9.17) is 9.47 Å². The molecule has 0 aliphatic carbocycles. The lowest BCUT2D eigenvalue weighted by molar-refractivity contribution is 0.371. The van der Waals surface area contributed by atoms with Gasteiger partial charge in [0.05, 0.1) is 26.3 Å². The van der Waals surface area contributed by atoms with Crippen LogP contribution in [0.1, 0.15) is 29.6 Å². The zero-order chi connectivity index (χ0) is 18.1. The quantitative estimate of drug-likeness (QED) is 0.776. The van der Waals surface area contributed by atoms with Gasteiger partial charge in [0.1, 0.15) is 17.3 Å². The van der Waals surface area contributed by atoms with Crippen LogP contribution in [-0.4, -0.2) is 34.4 Å². The van der Waals surface area contributed by atoms with E-state index in [0.29, 0.717) is 12.4 Å². The molecular formula is C18H18FN5O2. The van der Waals surface area contributed by atoms with Gasteiger partial charge in [-0.2, -0.15) is 0 Å². The maximum Gasteiger partial charge on any atom is 0.243 e. The third-order valence-electron chi connectivity index (χ3n) is 4.62. The number of aromatic nitrogens is 4. The van der Waals surface area contributed by atoms with Gasteiger partial charge in [-0.1, -0.05) is 17.2 Å². The molecule has 2 atom stereocenters. The number of ether oxygens (including phenoxy) is 2. The maximum absolute atomic E-state index is 13.3. The van der Waals surface area contributed by atoms with Gasteiger partial charge in [0.25, 0.3) is 0 Å². The minimum absolute atomic E-state index is 0.0602. The van der Waals surface area contributed by atoms with Crippen molar-refractivity contribution in [2.45, 2.75) is 18.5 Å². The Morgan fingerprint density at radius 2 is 1.92 bits per heavy atom. The molecule has 26 heavy (non-hydrogen) atoms. The van der Waals surface area contributed by atoms with Gasteiger partial charge in [0.15, 0.2) is 0 Å². The summed E-state index contributed by atoms with van der Waals surface area (Å²) in [5, 5.41) is 15.3. The van der Waals surface area contributed by atoms with E-state index in [2.05, 4.69) is 20.8 Å². The summed E-state index contributed by atoms with van der Waals surface area (Å²) < 4.78 is 25.9. The summed E-state index contributed by atoms with van der Waals surface area (Å²) in [7, 11) is 3.25. The van der Waals surface area contributed by atoms with Crippen LogP contribution in [0.5, 0.6) is 11.5 Å². The monoisotopic (exact) mass is 355 g/mol. The van der Waals surface area contributed by atoms with Crippen LogP contribution in [0, 0.1) is 5.82 Å². The molecule has 1 aliphatic heterocycles. The van der Waals surface area contributed by atoms with Gasteiger partial charge in [-0.15, -0.1) is 0 Å². The van der Waals surface area contributed by atoms with Crippen LogP contribution in [0.4, 0.5) is 10.3 Å². The van der Waals surface area contributed by atoms with Crippen molar-refractivity contribution in [2.75, 3.05) is 19.5 Å². The molecule has 1 aliphatic rings. The van der Waals surface area contributed by atoms with Crippen molar-refractivity contribution in [3.05, 3.63) is 59.4 Å². The fourth-order valence-corrected chi connectivity index (χ4v) is 3.31. The predicted molar refractivity (Wildman–Crippen MR) is 92.9 cm³/mol. The Morgan fingerprint density at radius 1 is 1.12 bits per heavy atom. The van der Waals surface area contributed by atoms with Gasteiger partial charge < -0.3 is 14.8 Å². The van der Waals surface area contributed by atoms with Crippen LogP contribution in [0.25, 0.3) is 0 Å². The van der Waals surface area contributed by atoms with Crippen molar-refractivity contribution in [1.29, 1.82) is 0 Å². The molecule has 4 rings (SSSR count). The fraction of sp³-hybridized carbons (Fsp3) is 0.278. The van der Waals surface area contributed by atoms with Crippen LogP contribution in [0.2, 0.25) is 0 Å². The highest BCUT2D eigenvalue weighted by Gasteiger charge is 2.32. The van der Waals surface area contributed by atoms with Gasteiger partial charge >= 0.3 is 0 Å². The summed E-state index contributed by atoms with van der Waals surface area (Å²) in [5.41, 5.74) is 1.89. The second kappa shape index (κ2) is 6.62. The van der Waals surface area contributed by atoms with Crippen LogP contribution in [0.15, 0.2) is 42.5 Å². The number of halogens is 1. The van der Waals surface area contributed by atoms with E-state index in [-0.39, 0.29) is 17.9 Å². The number of nitrogens with one attached hydrogen (secondary N) is 1. The molecule has 0 fully saturated rings. The second-order valence-electron chi connectivity index (χ2n) is 6.05. The number of rotatable bonds is 4. The van der Waals surface area contributed by atoms with Gasteiger partial charge in [0, 0.05) is 5.56 Å². The first-order valence-electron chi connectivity index (χ1n) is 8.21. The van der Waals surface area contributed by atoms with E-state index >= 15 is 0 Å². The maximum atomic E-state index is 13.3. The van der Waals surface area contributed by atoms with Crippen molar-refractivity contribution in [1.82, 2.24) is 20.2 Å². The Balaban J connectivity index is 1.77. The van der Waals surface area contributed by atoms with E-state index < -0.39 is 0 Å². The molecule has 1 aromatic heterocycles. The molecule has 0 amide bonds. The molecule has 7 nitrogen and oxygen atoms in total. The number of tetrazole rings is 1. The lowest BCUT2D eigenvalue weighted by Crippen LogP contribution is -2.28. The Bertz CT molecular complexity index is 912. The average molecular weight is 355 g/mol. The van der Waals surface area contributed by atoms with Crippen LogP contribution >= 0.6 is 0 Å². The first kappa shape index (κ1) is 16.3. The van der Waals surface area contributed by atoms with E-state index in [1.54, 1.807) is 31.0 Å². The highest BCUT2D eigenvalue weighted by Crippen LogP contribution is 2.41. The summed E-state index contributed by atoms with van der Waals surface area (Å²) in [4.78, 5) is 0. The first-order chi connectivity index (χ1) is 12.7. The lowest BCUT2D eigenvalue weighted by atomic mass is 9.92. The Hall–Kier alpha value is -3.16. The molecule has 0 radical (unpaired) electrons. The topological polar surface area (TPSA) is 74.1 Å². The normalized spacial score (nSPS) is 18.7. The number of anilines is 1. The minimum Gasteiger partial charge on any atom is -0.497 e. The molecule has 0 saturated carbocycles. The largest absolute Gasteiger partial charge is 0.497 e. The van der Waals surface area contributed by atoms with Crippen molar-refractivity contribution < 1.29 is 13.9 Å². The summed E-state index contributed by atoms with van der Waals surface area (Å²) in [6.07, 6.45) is 0.674. The average Bonchev–Trinajstić information content (AvgIpc) is 3.16.